The van der Waals surface area contributed by atoms with Gasteiger partial charge in [0.2, 0.25) is 0 Å². The maximum Gasteiger partial charge on any atom is 0.493 e. The molecule has 0 saturated carbocycles. The third-order valence-electron chi connectivity index (χ3n) is 8.20. The molecule has 3 atom stereocenters. The van der Waals surface area contributed by atoms with Crippen LogP contribution in [0.5, 0.6) is 0 Å². The quantitative estimate of drug-likeness (QED) is 0.428. The molecule has 0 spiro atoms. The highest BCUT2D eigenvalue weighted by Crippen LogP contribution is 2.42. The molecule has 43 heavy (non-hydrogen) atoms. The first-order valence-corrected chi connectivity index (χ1v) is 13.6. The molecule has 2 saturated heterocycles. The summed E-state index contributed by atoms with van der Waals surface area (Å²) in [5.74, 6) is -3.71. The van der Waals surface area contributed by atoms with Crippen molar-refractivity contribution in [1.29, 1.82) is 0 Å². The minimum absolute atomic E-state index is 0.0939. The summed E-state index contributed by atoms with van der Waals surface area (Å²) in [7, 11) is 1.26. The predicted molar refractivity (Wildman–Crippen MR) is 144 cm³/mol. The van der Waals surface area contributed by atoms with Gasteiger partial charge in [0.05, 0.1) is 6.54 Å². The Bertz CT molecular complexity index is 1660. The molecule has 2 fully saturated rings. The molecule has 6 rings (SSSR count). The fraction of sp³-hybridized carbons (Fsp3) is 0.393. The summed E-state index contributed by atoms with van der Waals surface area (Å²) in [6.45, 7) is 1.26. The second-order valence-corrected chi connectivity index (χ2v) is 10.8. The second-order valence-electron chi connectivity index (χ2n) is 10.8. The van der Waals surface area contributed by atoms with Crippen LogP contribution in [0.3, 0.4) is 0 Å². The van der Waals surface area contributed by atoms with Crippen molar-refractivity contribution in [3.63, 3.8) is 0 Å². The van der Waals surface area contributed by atoms with E-state index >= 15 is 0 Å². The Kier molecular flexibility index (Phi) is 7.24. The van der Waals surface area contributed by atoms with Gasteiger partial charge in [-0.25, -0.2) is 18.4 Å². The largest absolute Gasteiger partial charge is 0.493 e. The zero-order valence-corrected chi connectivity index (χ0v) is 22.9. The Morgan fingerprint density at radius 3 is 2.16 bits per heavy atom. The third-order valence-corrected chi connectivity index (χ3v) is 8.20. The number of aromatic nitrogens is 2. The van der Waals surface area contributed by atoms with Crippen LogP contribution in [0.1, 0.15) is 17.5 Å². The van der Waals surface area contributed by atoms with Crippen LogP contribution in [0, 0.1) is 17.6 Å². The van der Waals surface area contributed by atoms with Crippen LogP contribution in [0.15, 0.2) is 58.1 Å². The lowest BCUT2D eigenvalue weighted by Gasteiger charge is -2.39. The van der Waals surface area contributed by atoms with E-state index < -0.39 is 41.3 Å². The number of alkyl halides is 3. The van der Waals surface area contributed by atoms with E-state index in [1.165, 1.54) is 60.5 Å². The molecule has 3 aliphatic rings. The van der Waals surface area contributed by atoms with Gasteiger partial charge in [-0.2, -0.15) is 13.2 Å². The van der Waals surface area contributed by atoms with Crippen LogP contribution in [0.2, 0.25) is 0 Å². The minimum atomic E-state index is -5.37. The third kappa shape index (κ3) is 5.16. The van der Waals surface area contributed by atoms with Gasteiger partial charge in [0.15, 0.2) is 17.8 Å². The number of benzene rings is 2. The first-order chi connectivity index (χ1) is 20.4. The van der Waals surface area contributed by atoms with Crippen molar-refractivity contribution in [2.24, 2.45) is 13.0 Å². The van der Waals surface area contributed by atoms with Crippen molar-refractivity contribution in [3.05, 3.63) is 92.1 Å². The monoisotopic (exact) mass is 606 g/mol. The summed E-state index contributed by atoms with van der Waals surface area (Å²) in [6, 6.07) is 10.4. The fourth-order valence-electron chi connectivity index (χ4n) is 6.17. The molecule has 1 N–H and O–H groups in total. The van der Waals surface area contributed by atoms with Crippen LogP contribution in [0.25, 0.3) is 0 Å². The van der Waals surface area contributed by atoms with E-state index in [1.807, 2.05) is 4.90 Å². The molecular weight excluding hydrogens is 579 g/mol. The van der Waals surface area contributed by atoms with E-state index in [4.69, 9.17) is 4.84 Å². The highest BCUT2D eigenvalue weighted by molar-refractivity contribution is 5.80. The molecule has 2 aromatic carbocycles. The highest BCUT2D eigenvalue weighted by atomic mass is 19.4. The van der Waals surface area contributed by atoms with Crippen LogP contribution in [-0.2, 0) is 29.8 Å². The van der Waals surface area contributed by atoms with E-state index in [-0.39, 0.29) is 36.6 Å². The smallest absolute Gasteiger partial charge is 0.327 e. The lowest BCUT2D eigenvalue weighted by Crippen LogP contribution is -2.58. The van der Waals surface area contributed by atoms with Crippen molar-refractivity contribution in [2.45, 2.75) is 38.0 Å². The number of hydrogen-bond acceptors (Lipinski definition) is 8. The van der Waals surface area contributed by atoms with E-state index in [0.29, 0.717) is 42.2 Å². The van der Waals surface area contributed by atoms with Crippen molar-refractivity contribution in [3.8, 4) is 0 Å². The summed E-state index contributed by atoms with van der Waals surface area (Å²) in [4.78, 5) is 48.2. The summed E-state index contributed by atoms with van der Waals surface area (Å²) >= 11 is 0. The van der Waals surface area contributed by atoms with E-state index in [0.717, 1.165) is 9.13 Å². The standard InChI is InChI=1S/C28H27F5N6O4/c1-35-23-22(24(40)38(27(35)42)15-17-4-8-20(30)9-5-17)37(14-16-2-6-19(29)7-3-16)26(39(23)43-25(41)28(31,32)33)36-11-10-18-12-34-13-21(18)36/h2-9,18,21,26,34H,10-15H2,1H3. The van der Waals surface area contributed by atoms with Gasteiger partial charge < -0.3 is 15.1 Å². The van der Waals surface area contributed by atoms with Crippen molar-refractivity contribution >= 4 is 17.5 Å². The molecular formula is C28H27F5N6O4. The molecule has 3 aliphatic heterocycles. The van der Waals surface area contributed by atoms with E-state index in [1.54, 1.807) is 0 Å². The van der Waals surface area contributed by atoms with Crippen LogP contribution in [0.4, 0.5) is 33.5 Å². The summed E-state index contributed by atoms with van der Waals surface area (Å²) in [5.41, 5.74) is -0.964. The number of anilines is 2. The van der Waals surface area contributed by atoms with Gasteiger partial charge >= 0.3 is 17.8 Å². The Labute approximate surface area is 241 Å². The van der Waals surface area contributed by atoms with Gasteiger partial charge in [-0.1, -0.05) is 24.3 Å². The molecule has 0 radical (unpaired) electrons. The van der Waals surface area contributed by atoms with Crippen LogP contribution >= 0.6 is 0 Å². The van der Waals surface area contributed by atoms with Crippen molar-refractivity contribution < 1.29 is 31.6 Å². The fourth-order valence-corrected chi connectivity index (χ4v) is 6.17. The maximum atomic E-state index is 14.1. The first-order valence-electron chi connectivity index (χ1n) is 13.6. The Balaban J connectivity index is 1.54. The van der Waals surface area contributed by atoms with Crippen molar-refractivity contribution in [1.82, 2.24) is 19.4 Å². The summed E-state index contributed by atoms with van der Waals surface area (Å²) < 4.78 is 69.7. The molecule has 15 heteroatoms. The topological polar surface area (TPSA) is 92.1 Å². The number of hydroxylamine groups is 1. The number of carbonyl (C=O) groups is 1. The number of fused-ring (bicyclic) bond motifs is 2. The summed E-state index contributed by atoms with van der Waals surface area (Å²) in [6.07, 6.45) is -5.90. The average Bonchev–Trinajstić information content (AvgIpc) is 3.66. The number of hydrogen-bond donors (Lipinski definition) is 1. The Morgan fingerprint density at radius 1 is 0.953 bits per heavy atom. The Morgan fingerprint density at radius 2 is 1.56 bits per heavy atom. The van der Waals surface area contributed by atoms with Gasteiger partial charge in [0, 0.05) is 32.7 Å². The second kappa shape index (κ2) is 10.8. The number of nitrogens with zero attached hydrogens (tertiary/aromatic N) is 5. The predicted octanol–water partition coefficient (Wildman–Crippen LogP) is 2.30. The maximum absolute atomic E-state index is 14.1. The Hall–Kier alpha value is -4.24. The SMILES string of the molecule is Cn1c2c(c(=O)n(Cc3ccc(F)cc3)c1=O)N(Cc1ccc(F)cc1)C(N1CCC3CNCC31)N2OC(=O)C(F)(F)F. The molecule has 228 valence electrons. The number of likely N-dealkylation sites (tertiary alicyclic amines) is 1. The van der Waals surface area contributed by atoms with Crippen LogP contribution < -0.4 is 26.5 Å². The molecule has 0 amide bonds. The molecule has 4 heterocycles. The molecule has 0 aliphatic carbocycles. The highest BCUT2D eigenvalue weighted by Gasteiger charge is 2.54. The molecule has 0 bridgehead atoms. The van der Waals surface area contributed by atoms with Gasteiger partial charge in [-0.3, -0.25) is 18.8 Å². The summed E-state index contributed by atoms with van der Waals surface area (Å²) in [5, 5.41) is 3.96. The molecule has 10 nitrogen and oxygen atoms in total. The molecule has 3 unspecified atom stereocenters. The lowest BCUT2D eigenvalue weighted by molar-refractivity contribution is -0.203. The van der Waals surface area contributed by atoms with Gasteiger partial charge in [-0.05, 0) is 54.3 Å². The van der Waals surface area contributed by atoms with E-state index in [9.17, 15) is 36.3 Å². The minimum Gasteiger partial charge on any atom is -0.327 e. The van der Waals surface area contributed by atoms with Gasteiger partial charge in [0.25, 0.3) is 5.56 Å². The number of nitrogens with one attached hydrogen (secondary N) is 1. The number of rotatable bonds is 6. The van der Waals surface area contributed by atoms with Crippen molar-refractivity contribution in [2.75, 3.05) is 29.6 Å². The normalized spacial score (nSPS) is 21.8. The zero-order valence-electron chi connectivity index (χ0n) is 22.9. The number of carbonyl (C=O) groups excluding carboxylic acids is 1. The lowest BCUT2D eigenvalue weighted by atomic mass is 10.1. The van der Waals surface area contributed by atoms with Gasteiger partial charge in [-0.15, -0.1) is 5.06 Å². The average molecular weight is 607 g/mol. The molecule has 3 aromatic rings. The first kappa shape index (κ1) is 28.9. The van der Waals surface area contributed by atoms with Crippen LogP contribution in [-0.4, -0.2) is 58.1 Å². The van der Waals surface area contributed by atoms with Gasteiger partial charge in [0.1, 0.15) is 11.6 Å². The number of halogens is 5. The molecule has 1 aromatic heterocycles. The zero-order chi connectivity index (χ0) is 30.6. The van der Waals surface area contributed by atoms with E-state index in [2.05, 4.69) is 5.32 Å².